The molecule has 128 valence electrons. The number of carbonyl (C=O) groups is 1. The van der Waals surface area contributed by atoms with Crippen LogP contribution in [-0.2, 0) is 11.2 Å². The number of pyridine rings is 1. The van der Waals surface area contributed by atoms with Gasteiger partial charge in [0.25, 0.3) is 0 Å². The zero-order chi connectivity index (χ0) is 17.9. The van der Waals surface area contributed by atoms with Gasteiger partial charge in [-0.05, 0) is 56.5 Å². The molecule has 0 aliphatic carbocycles. The van der Waals surface area contributed by atoms with E-state index in [0.717, 1.165) is 17.3 Å². The first kappa shape index (κ1) is 17.0. The molecule has 3 aromatic rings. The molecule has 0 saturated carbocycles. The first-order chi connectivity index (χ1) is 11.9. The summed E-state index contributed by atoms with van der Waals surface area (Å²) in [6.45, 7) is 5.50. The van der Waals surface area contributed by atoms with E-state index in [1.165, 1.54) is 11.1 Å². The number of carbonyl (C=O) groups excluding carboxylic acids is 1. The van der Waals surface area contributed by atoms with Crippen LogP contribution < -0.4 is 5.32 Å². The maximum Gasteiger partial charge on any atom is 0.412 e. The van der Waals surface area contributed by atoms with E-state index in [-0.39, 0.29) is 0 Å². The van der Waals surface area contributed by atoms with E-state index in [0.29, 0.717) is 5.69 Å². The molecular weight excluding hydrogens is 312 g/mol. The third-order valence-electron chi connectivity index (χ3n) is 3.64. The van der Waals surface area contributed by atoms with Gasteiger partial charge >= 0.3 is 6.09 Å². The molecule has 0 spiro atoms. The van der Waals surface area contributed by atoms with Gasteiger partial charge in [0.05, 0.1) is 17.4 Å². The Bertz CT molecular complexity index is 883. The largest absolute Gasteiger partial charge is 0.444 e. The summed E-state index contributed by atoms with van der Waals surface area (Å²) < 4.78 is 5.28. The predicted molar refractivity (Wildman–Crippen MR) is 101 cm³/mol. The quantitative estimate of drug-likeness (QED) is 0.718. The number of rotatable bonds is 3. The Morgan fingerprint density at radius 2 is 1.80 bits per heavy atom. The summed E-state index contributed by atoms with van der Waals surface area (Å²) in [5.74, 6) is 0. The third-order valence-corrected chi connectivity index (χ3v) is 3.64. The molecule has 1 aromatic heterocycles. The maximum atomic E-state index is 11.9. The molecular formula is C21H22N2O2. The highest BCUT2D eigenvalue weighted by Gasteiger charge is 2.16. The van der Waals surface area contributed by atoms with Crippen molar-refractivity contribution in [2.24, 2.45) is 0 Å². The van der Waals surface area contributed by atoms with Gasteiger partial charge < -0.3 is 4.74 Å². The van der Waals surface area contributed by atoms with E-state index in [2.05, 4.69) is 34.6 Å². The number of nitrogens with zero attached hydrogens (tertiary/aromatic N) is 1. The highest BCUT2D eigenvalue weighted by Crippen LogP contribution is 2.20. The number of nitrogens with one attached hydrogen (secondary N) is 1. The van der Waals surface area contributed by atoms with Crippen LogP contribution in [0.2, 0.25) is 0 Å². The molecule has 0 fully saturated rings. The molecule has 0 unspecified atom stereocenters. The summed E-state index contributed by atoms with van der Waals surface area (Å²) >= 11 is 0. The lowest BCUT2D eigenvalue weighted by Crippen LogP contribution is -2.27. The monoisotopic (exact) mass is 334 g/mol. The fourth-order valence-corrected chi connectivity index (χ4v) is 2.61. The van der Waals surface area contributed by atoms with E-state index < -0.39 is 11.7 Å². The van der Waals surface area contributed by atoms with Gasteiger partial charge in [0.1, 0.15) is 5.60 Å². The Morgan fingerprint density at radius 1 is 1.04 bits per heavy atom. The van der Waals surface area contributed by atoms with Crippen molar-refractivity contribution in [2.75, 3.05) is 5.32 Å². The second kappa shape index (κ2) is 6.93. The summed E-state index contributed by atoms with van der Waals surface area (Å²) in [4.78, 5) is 16.3. The molecule has 25 heavy (non-hydrogen) atoms. The lowest BCUT2D eigenvalue weighted by Gasteiger charge is -2.19. The van der Waals surface area contributed by atoms with E-state index in [4.69, 9.17) is 4.74 Å². The van der Waals surface area contributed by atoms with Crippen LogP contribution in [0, 0.1) is 0 Å². The van der Waals surface area contributed by atoms with E-state index >= 15 is 0 Å². The van der Waals surface area contributed by atoms with Gasteiger partial charge in [-0.3, -0.25) is 10.3 Å². The Labute approximate surface area is 147 Å². The van der Waals surface area contributed by atoms with Crippen molar-refractivity contribution in [2.45, 2.75) is 32.8 Å². The lowest BCUT2D eigenvalue weighted by atomic mass is 10.0. The Kier molecular flexibility index (Phi) is 4.70. The van der Waals surface area contributed by atoms with Crippen molar-refractivity contribution in [1.82, 2.24) is 4.98 Å². The minimum atomic E-state index is -0.531. The molecule has 0 saturated heterocycles. The van der Waals surface area contributed by atoms with Gasteiger partial charge in [0, 0.05) is 5.39 Å². The standard InChI is InChI=1S/C21H22N2O2/c1-21(2,3)25-20(24)23-18-13-17-12-16(9-10-19(17)22-14-18)11-15-7-5-4-6-8-15/h4-10,12-14H,11H2,1-3H3,(H,23,24). The van der Waals surface area contributed by atoms with Gasteiger partial charge in [-0.25, -0.2) is 4.79 Å². The average molecular weight is 334 g/mol. The molecule has 0 aliphatic rings. The molecule has 0 atom stereocenters. The molecule has 0 aliphatic heterocycles. The minimum Gasteiger partial charge on any atom is -0.444 e. The number of amides is 1. The molecule has 4 nitrogen and oxygen atoms in total. The summed E-state index contributed by atoms with van der Waals surface area (Å²) in [5, 5.41) is 3.72. The molecule has 0 bridgehead atoms. The van der Waals surface area contributed by atoms with Crippen molar-refractivity contribution in [3.05, 3.63) is 71.9 Å². The average Bonchev–Trinajstić information content (AvgIpc) is 2.53. The van der Waals surface area contributed by atoms with Crippen LogP contribution in [0.15, 0.2) is 60.8 Å². The first-order valence-electron chi connectivity index (χ1n) is 8.32. The summed E-state index contributed by atoms with van der Waals surface area (Å²) in [5.41, 5.74) is 3.45. The minimum absolute atomic E-state index is 0.478. The molecule has 1 heterocycles. The van der Waals surface area contributed by atoms with Gasteiger partial charge in [0.2, 0.25) is 0 Å². The smallest absolute Gasteiger partial charge is 0.412 e. The van der Waals surface area contributed by atoms with Crippen LogP contribution in [0.1, 0.15) is 31.9 Å². The van der Waals surface area contributed by atoms with Crippen molar-refractivity contribution < 1.29 is 9.53 Å². The number of anilines is 1. The molecule has 3 rings (SSSR count). The zero-order valence-electron chi connectivity index (χ0n) is 14.7. The Morgan fingerprint density at radius 3 is 2.52 bits per heavy atom. The number of benzene rings is 2. The number of hydrogen-bond donors (Lipinski definition) is 1. The molecule has 0 radical (unpaired) electrons. The SMILES string of the molecule is CC(C)(C)OC(=O)Nc1cnc2ccc(Cc3ccccc3)cc2c1. The van der Waals surface area contributed by atoms with Crippen LogP contribution >= 0.6 is 0 Å². The van der Waals surface area contributed by atoms with Crippen LogP contribution in [0.5, 0.6) is 0 Å². The first-order valence-corrected chi connectivity index (χ1v) is 8.32. The van der Waals surface area contributed by atoms with E-state index in [1.54, 1.807) is 6.20 Å². The van der Waals surface area contributed by atoms with Crippen molar-refractivity contribution >= 4 is 22.7 Å². The van der Waals surface area contributed by atoms with Gasteiger partial charge in [-0.2, -0.15) is 0 Å². The summed E-state index contributed by atoms with van der Waals surface area (Å²) in [6, 6.07) is 18.4. The lowest BCUT2D eigenvalue weighted by molar-refractivity contribution is 0.0636. The highest BCUT2D eigenvalue weighted by atomic mass is 16.6. The second-order valence-corrected chi connectivity index (χ2v) is 7.04. The number of ether oxygens (including phenoxy) is 1. The van der Waals surface area contributed by atoms with Crippen LogP contribution in [0.4, 0.5) is 10.5 Å². The van der Waals surface area contributed by atoms with Gasteiger partial charge in [0.15, 0.2) is 0 Å². The third kappa shape index (κ3) is 4.80. The van der Waals surface area contributed by atoms with Crippen molar-refractivity contribution in [3.8, 4) is 0 Å². The van der Waals surface area contributed by atoms with Gasteiger partial charge in [-0.1, -0.05) is 36.4 Å². The highest BCUT2D eigenvalue weighted by molar-refractivity contribution is 5.89. The molecule has 1 amide bonds. The predicted octanol–water partition coefficient (Wildman–Crippen LogP) is 5.17. The number of hydrogen-bond acceptors (Lipinski definition) is 3. The van der Waals surface area contributed by atoms with Crippen LogP contribution in [0.3, 0.4) is 0 Å². The van der Waals surface area contributed by atoms with E-state index in [9.17, 15) is 4.79 Å². The Hall–Kier alpha value is -2.88. The normalized spacial score (nSPS) is 11.3. The van der Waals surface area contributed by atoms with Crippen molar-refractivity contribution in [3.63, 3.8) is 0 Å². The molecule has 1 N–H and O–H groups in total. The van der Waals surface area contributed by atoms with Gasteiger partial charge in [-0.15, -0.1) is 0 Å². The Balaban J connectivity index is 1.80. The molecule has 2 aromatic carbocycles. The zero-order valence-corrected chi connectivity index (χ0v) is 14.7. The second-order valence-electron chi connectivity index (χ2n) is 7.04. The van der Waals surface area contributed by atoms with Crippen molar-refractivity contribution in [1.29, 1.82) is 0 Å². The summed E-state index contributed by atoms with van der Waals surface area (Å²) in [7, 11) is 0. The molecule has 4 heteroatoms. The fraction of sp³-hybridized carbons (Fsp3) is 0.238. The number of fused-ring (bicyclic) bond motifs is 1. The van der Waals surface area contributed by atoms with Crippen LogP contribution in [0.25, 0.3) is 10.9 Å². The summed E-state index contributed by atoms with van der Waals surface area (Å²) in [6.07, 6.45) is 2.03. The van der Waals surface area contributed by atoms with Crippen LogP contribution in [-0.4, -0.2) is 16.7 Å². The topological polar surface area (TPSA) is 51.2 Å². The van der Waals surface area contributed by atoms with E-state index in [1.807, 2.05) is 51.1 Å². The fourth-order valence-electron chi connectivity index (χ4n) is 2.61. The number of aromatic nitrogens is 1. The maximum absolute atomic E-state index is 11.9.